The van der Waals surface area contributed by atoms with Crippen LogP contribution in [0.3, 0.4) is 0 Å². The average molecular weight is 361 g/mol. The Hall–Kier alpha value is -1.06. The monoisotopic (exact) mass is 360 g/mol. The zero-order valence-electron chi connectivity index (χ0n) is 16.3. The van der Waals surface area contributed by atoms with Crippen LogP contribution in [0.5, 0.6) is 0 Å². The average Bonchev–Trinajstić information content (AvgIpc) is 3.58. The molecule has 0 N–H and O–H groups in total. The number of hydrogen-bond donors (Lipinski definition) is 0. The van der Waals surface area contributed by atoms with E-state index in [-0.39, 0.29) is 0 Å². The van der Waals surface area contributed by atoms with Crippen LogP contribution in [0.15, 0.2) is 0 Å². The van der Waals surface area contributed by atoms with Crippen molar-refractivity contribution in [1.29, 1.82) is 0 Å². The van der Waals surface area contributed by atoms with E-state index in [0.717, 1.165) is 56.8 Å². The van der Waals surface area contributed by atoms with Crippen molar-refractivity contribution in [3.05, 3.63) is 0 Å². The largest absolute Gasteiger partial charge is 0.339 e. The second kappa shape index (κ2) is 8.31. The molecule has 0 aromatic heterocycles. The van der Waals surface area contributed by atoms with Crippen LogP contribution in [0.25, 0.3) is 0 Å². The Balaban J connectivity index is 1.17. The van der Waals surface area contributed by atoms with Crippen LogP contribution in [0.4, 0.5) is 0 Å². The Kier molecular flexibility index (Phi) is 5.85. The summed E-state index contributed by atoms with van der Waals surface area (Å²) >= 11 is 0. The van der Waals surface area contributed by atoms with E-state index >= 15 is 0 Å². The first-order chi connectivity index (χ1) is 12.7. The molecular formula is C22H36N2O2. The summed E-state index contributed by atoms with van der Waals surface area (Å²) in [6.45, 7) is 2.98. The SMILES string of the molecule is O=C(CCC1CCCCC1)N1CCN(C(=O)CC(C2CC2)C2CC2)CC1. The fraction of sp³-hybridized carbons (Fsp3) is 0.909. The molecule has 1 heterocycles. The van der Waals surface area contributed by atoms with Gasteiger partial charge in [-0.25, -0.2) is 0 Å². The summed E-state index contributed by atoms with van der Waals surface area (Å²) in [5.74, 6) is 3.79. The lowest BCUT2D eigenvalue weighted by atomic mass is 9.86. The predicted octanol–water partition coefficient (Wildman–Crippen LogP) is 3.84. The van der Waals surface area contributed by atoms with Gasteiger partial charge >= 0.3 is 0 Å². The van der Waals surface area contributed by atoms with Crippen LogP contribution < -0.4 is 0 Å². The van der Waals surface area contributed by atoms with Gasteiger partial charge in [0, 0.05) is 39.0 Å². The maximum Gasteiger partial charge on any atom is 0.222 e. The number of hydrogen-bond acceptors (Lipinski definition) is 2. The van der Waals surface area contributed by atoms with Crippen molar-refractivity contribution in [2.45, 2.75) is 77.0 Å². The molecule has 0 unspecified atom stereocenters. The highest BCUT2D eigenvalue weighted by atomic mass is 16.2. The van der Waals surface area contributed by atoms with E-state index in [1.807, 2.05) is 9.80 Å². The summed E-state index contributed by atoms with van der Waals surface area (Å²) in [5.41, 5.74) is 0. The second-order valence-electron chi connectivity index (χ2n) is 9.35. The Morgan fingerprint density at radius 3 is 1.81 bits per heavy atom. The molecule has 0 aromatic rings. The van der Waals surface area contributed by atoms with Gasteiger partial charge in [-0.15, -0.1) is 0 Å². The molecule has 1 saturated heterocycles. The van der Waals surface area contributed by atoms with E-state index in [9.17, 15) is 9.59 Å². The molecule has 0 spiro atoms. The van der Waals surface area contributed by atoms with Gasteiger partial charge in [-0.3, -0.25) is 9.59 Å². The highest BCUT2D eigenvalue weighted by molar-refractivity contribution is 5.78. The molecule has 0 atom stereocenters. The highest BCUT2D eigenvalue weighted by Gasteiger charge is 2.42. The van der Waals surface area contributed by atoms with Gasteiger partial charge in [0.15, 0.2) is 0 Å². The van der Waals surface area contributed by atoms with Crippen LogP contribution in [0.2, 0.25) is 0 Å². The minimum absolute atomic E-state index is 0.316. The highest BCUT2D eigenvalue weighted by Crippen LogP contribution is 2.50. The topological polar surface area (TPSA) is 40.6 Å². The lowest BCUT2D eigenvalue weighted by molar-refractivity contribution is -0.140. The van der Waals surface area contributed by atoms with Crippen molar-refractivity contribution in [3.8, 4) is 0 Å². The molecule has 1 aliphatic heterocycles. The van der Waals surface area contributed by atoms with Gasteiger partial charge in [0.05, 0.1) is 0 Å². The summed E-state index contributed by atoms with van der Waals surface area (Å²) in [6, 6.07) is 0. The lowest BCUT2D eigenvalue weighted by Gasteiger charge is -2.36. The minimum Gasteiger partial charge on any atom is -0.339 e. The third-order valence-corrected chi connectivity index (χ3v) is 7.34. The van der Waals surface area contributed by atoms with Crippen molar-refractivity contribution < 1.29 is 9.59 Å². The molecule has 26 heavy (non-hydrogen) atoms. The Morgan fingerprint density at radius 1 is 0.731 bits per heavy atom. The van der Waals surface area contributed by atoms with Gasteiger partial charge in [0.2, 0.25) is 11.8 Å². The van der Waals surface area contributed by atoms with Crippen LogP contribution in [0, 0.1) is 23.7 Å². The normalized spacial score (nSPS) is 25.0. The van der Waals surface area contributed by atoms with Gasteiger partial charge in [0.1, 0.15) is 0 Å². The number of amides is 2. The van der Waals surface area contributed by atoms with E-state index in [0.29, 0.717) is 24.2 Å². The summed E-state index contributed by atoms with van der Waals surface area (Å²) < 4.78 is 0. The van der Waals surface area contributed by atoms with E-state index in [4.69, 9.17) is 0 Å². The van der Waals surface area contributed by atoms with Gasteiger partial charge in [-0.2, -0.15) is 0 Å². The molecular weight excluding hydrogens is 324 g/mol. The van der Waals surface area contributed by atoms with E-state index in [1.165, 1.54) is 57.8 Å². The third kappa shape index (κ3) is 4.80. The number of carbonyl (C=O) groups is 2. The number of piperazine rings is 1. The molecule has 0 aromatic carbocycles. The molecule has 4 nitrogen and oxygen atoms in total. The molecule has 3 saturated carbocycles. The zero-order chi connectivity index (χ0) is 17.9. The Labute approximate surface area is 158 Å². The van der Waals surface area contributed by atoms with Gasteiger partial charge in [0.25, 0.3) is 0 Å². The molecule has 0 bridgehead atoms. The fourth-order valence-electron chi connectivity index (χ4n) is 5.26. The first-order valence-electron chi connectivity index (χ1n) is 11.3. The Morgan fingerprint density at radius 2 is 1.27 bits per heavy atom. The van der Waals surface area contributed by atoms with Crippen LogP contribution in [-0.4, -0.2) is 47.8 Å². The lowest BCUT2D eigenvalue weighted by Crippen LogP contribution is -2.51. The zero-order valence-corrected chi connectivity index (χ0v) is 16.3. The molecule has 2 amide bonds. The minimum atomic E-state index is 0.316. The smallest absolute Gasteiger partial charge is 0.222 e. The van der Waals surface area contributed by atoms with Crippen LogP contribution >= 0.6 is 0 Å². The quantitative estimate of drug-likeness (QED) is 0.692. The summed E-state index contributed by atoms with van der Waals surface area (Å²) in [5, 5.41) is 0. The fourth-order valence-corrected chi connectivity index (χ4v) is 5.26. The van der Waals surface area contributed by atoms with Gasteiger partial charge in [-0.05, 0) is 55.8 Å². The molecule has 4 rings (SSSR count). The summed E-state index contributed by atoms with van der Waals surface area (Å²) in [7, 11) is 0. The van der Waals surface area contributed by atoms with Gasteiger partial charge < -0.3 is 9.80 Å². The number of nitrogens with zero attached hydrogens (tertiary/aromatic N) is 2. The van der Waals surface area contributed by atoms with Crippen molar-refractivity contribution >= 4 is 11.8 Å². The Bertz CT molecular complexity index is 486. The molecule has 146 valence electrons. The number of carbonyl (C=O) groups excluding carboxylic acids is 2. The second-order valence-corrected chi connectivity index (χ2v) is 9.35. The number of rotatable bonds is 7. The van der Waals surface area contributed by atoms with Gasteiger partial charge in [-0.1, -0.05) is 32.1 Å². The summed E-state index contributed by atoms with van der Waals surface area (Å²) in [4.78, 5) is 29.3. The predicted molar refractivity (Wildman–Crippen MR) is 103 cm³/mol. The maximum atomic E-state index is 12.7. The molecule has 4 aliphatic rings. The van der Waals surface area contributed by atoms with Crippen LogP contribution in [0.1, 0.15) is 77.0 Å². The standard InChI is InChI=1S/C22H36N2O2/c25-21(11-6-17-4-2-1-3-5-17)23-12-14-24(15-13-23)22(26)16-20(18-7-8-18)19-9-10-19/h17-20H,1-16H2. The summed E-state index contributed by atoms with van der Waals surface area (Å²) in [6.07, 6.45) is 14.6. The van der Waals surface area contributed by atoms with E-state index in [1.54, 1.807) is 0 Å². The van der Waals surface area contributed by atoms with Crippen molar-refractivity contribution in [1.82, 2.24) is 9.80 Å². The first-order valence-corrected chi connectivity index (χ1v) is 11.3. The molecule has 4 fully saturated rings. The van der Waals surface area contributed by atoms with E-state index < -0.39 is 0 Å². The third-order valence-electron chi connectivity index (χ3n) is 7.34. The van der Waals surface area contributed by atoms with Crippen molar-refractivity contribution in [2.75, 3.05) is 26.2 Å². The van der Waals surface area contributed by atoms with Crippen molar-refractivity contribution in [2.24, 2.45) is 23.7 Å². The van der Waals surface area contributed by atoms with Crippen LogP contribution in [-0.2, 0) is 9.59 Å². The van der Waals surface area contributed by atoms with E-state index in [2.05, 4.69) is 0 Å². The van der Waals surface area contributed by atoms with Crippen molar-refractivity contribution in [3.63, 3.8) is 0 Å². The first kappa shape index (κ1) is 18.3. The molecule has 4 heteroatoms. The maximum absolute atomic E-state index is 12.7. The molecule has 0 radical (unpaired) electrons. The molecule has 3 aliphatic carbocycles.